The van der Waals surface area contributed by atoms with Crippen molar-refractivity contribution in [3.63, 3.8) is 0 Å². The summed E-state index contributed by atoms with van der Waals surface area (Å²) >= 11 is 6.57. The van der Waals surface area contributed by atoms with E-state index in [0.29, 0.717) is 53.6 Å². The quantitative estimate of drug-likeness (QED) is 0.363. The molecule has 0 spiro atoms. The van der Waals surface area contributed by atoms with Gasteiger partial charge in [0.25, 0.3) is 17.6 Å². The van der Waals surface area contributed by atoms with Gasteiger partial charge in [0.2, 0.25) is 0 Å². The Morgan fingerprint density at radius 3 is 2.21 bits per heavy atom. The molecule has 2 aliphatic rings. The van der Waals surface area contributed by atoms with Gasteiger partial charge in [-0.05, 0) is 62.1 Å². The molecule has 1 aromatic heterocycles. The van der Waals surface area contributed by atoms with Gasteiger partial charge in [0.1, 0.15) is 5.82 Å². The lowest BCUT2D eigenvalue weighted by molar-refractivity contribution is -0.127. The van der Waals surface area contributed by atoms with E-state index in [1.54, 1.807) is 39.7 Å². The Hall–Kier alpha value is -3.23. The minimum atomic E-state index is -0.567. The largest absolute Gasteiger partial charge is 0.350 e. The van der Waals surface area contributed by atoms with Gasteiger partial charge < -0.3 is 19.3 Å². The van der Waals surface area contributed by atoms with Crippen LogP contribution < -0.4 is 0 Å². The Bertz CT molecular complexity index is 1370. The Labute approximate surface area is 226 Å². The molecule has 3 aromatic rings. The fourth-order valence-corrected chi connectivity index (χ4v) is 5.72. The van der Waals surface area contributed by atoms with E-state index in [9.17, 15) is 18.8 Å². The van der Waals surface area contributed by atoms with Crippen molar-refractivity contribution in [3.05, 3.63) is 70.1 Å². The normalized spacial score (nSPS) is 17.3. The highest BCUT2D eigenvalue weighted by atomic mass is 35.5. The molecule has 0 radical (unpaired) electrons. The third-order valence-electron chi connectivity index (χ3n) is 7.88. The molecule has 0 aliphatic carbocycles. The SMILES string of the molecule is CN1CCN(C(=O)C(=O)c2cn(C)c3cc(Cl)c(C(=O)N4CCC(Cc5ccc(F)cc5)CC4)cc23)CC1. The summed E-state index contributed by atoms with van der Waals surface area (Å²) in [6, 6.07) is 9.95. The van der Waals surface area contributed by atoms with Crippen molar-refractivity contribution in [2.75, 3.05) is 46.3 Å². The van der Waals surface area contributed by atoms with E-state index in [1.807, 2.05) is 19.2 Å². The van der Waals surface area contributed by atoms with Crippen LogP contribution in [0.1, 0.15) is 39.1 Å². The van der Waals surface area contributed by atoms with Crippen LogP contribution in [0.4, 0.5) is 4.39 Å². The molecule has 0 unspecified atom stereocenters. The average Bonchev–Trinajstić information content (AvgIpc) is 3.24. The van der Waals surface area contributed by atoms with Crippen molar-refractivity contribution in [2.24, 2.45) is 13.0 Å². The maximum Gasteiger partial charge on any atom is 0.295 e. The molecule has 2 fully saturated rings. The molecule has 0 atom stereocenters. The summed E-state index contributed by atoms with van der Waals surface area (Å²) in [5, 5.41) is 0.875. The number of amides is 2. The van der Waals surface area contributed by atoms with Gasteiger partial charge in [-0.2, -0.15) is 0 Å². The van der Waals surface area contributed by atoms with E-state index < -0.39 is 11.7 Å². The van der Waals surface area contributed by atoms with Crippen LogP contribution in [0.5, 0.6) is 0 Å². The number of fused-ring (bicyclic) bond motifs is 1. The number of Topliss-reactive ketones (excluding diaryl/α,β-unsaturated/α-hetero) is 1. The Kier molecular flexibility index (Phi) is 7.54. The number of halogens is 2. The van der Waals surface area contributed by atoms with Crippen molar-refractivity contribution in [1.82, 2.24) is 19.3 Å². The van der Waals surface area contributed by atoms with Crippen LogP contribution in [0.2, 0.25) is 5.02 Å². The first-order valence-corrected chi connectivity index (χ1v) is 13.4. The average molecular weight is 539 g/mol. The molecule has 38 heavy (non-hydrogen) atoms. The lowest BCUT2D eigenvalue weighted by Crippen LogP contribution is -2.49. The summed E-state index contributed by atoms with van der Waals surface area (Å²) in [7, 11) is 3.79. The Morgan fingerprint density at radius 1 is 0.895 bits per heavy atom. The van der Waals surface area contributed by atoms with Gasteiger partial charge in [-0.3, -0.25) is 14.4 Å². The number of rotatable bonds is 5. The van der Waals surface area contributed by atoms with Crippen molar-refractivity contribution in [2.45, 2.75) is 19.3 Å². The number of hydrogen-bond donors (Lipinski definition) is 0. The van der Waals surface area contributed by atoms with Gasteiger partial charge in [0.05, 0.1) is 21.7 Å². The maximum atomic E-state index is 13.5. The van der Waals surface area contributed by atoms with Crippen LogP contribution in [-0.4, -0.2) is 83.2 Å². The molecule has 7 nitrogen and oxygen atoms in total. The van der Waals surface area contributed by atoms with E-state index >= 15 is 0 Å². The highest BCUT2D eigenvalue weighted by Gasteiger charge is 2.30. The fraction of sp³-hybridized carbons (Fsp3) is 0.414. The lowest BCUT2D eigenvalue weighted by atomic mass is 9.90. The standard InChI is InChI=1S/C29H32ClFN4O3/c1-32-11-13-35(14-12-32)29(38)27(36)24-18-33(2)26-17-25(30)23(16-22(24)26)28(37)34-9-7-20(8-10-34)15-19-3-5-21(31)6-4-19/h3-6,16-18,20H,7-15H2,1-2H3. The number of piperidine rings is 1. The summed E-state index contributed by atoms with van der Waals surface area (Å²) < 4.78 is 15.0. The van der Waals surface area contributed by atoms with Gasteiger partial charge in [-0.1, -0.05) is 23.7 Å². The lowest BCUT2D eigenvalue weighted by Gasteiger charge is -2.32. The smallest absolute Gasteiger partial charge is 0.295 e. The fourth-order valence-electron chi connectivity index (χ4n) is 5.48. The van der Waals surface area contributed by atoms with Crippen LogP contribution in [0.15, 0.2) is 42.6 Å². The van der Waals surface area contributed by atoms with E-state index in [-0.39, 0.29) is 17.3 Å². The monoisotopic (exact) mass is 538 g/mol. The first kappa shape index (κ1) is 26.4. The number of carbonyl (C=O) groups excluding carboxylic acids is 3. The molecule has 9 heteroatoms. The number of piperazine rings is 1. The molecule has 2 aromatic carbocycles. The Morgan fingerprint density at radius 2 is 1.55 bits per heavy atom. The minimum absolute atomic E-state index is 0.176. The van der Waals surface area contributed by atoms with E-state index in [2.05, 4.69) is 4.90 Å². The van der Waals surface area contributed by atoms with Gasteiger partial charge in [0.15, 0.2) is 0 Å². The molecule has 2 aliphatic heterocycles. The van der Waals surface area contributed by atoms with E-state index in [4.69, 9.17) is 11.6 Å². The van der Waals surface area contributed by atoms with E-state index in [0.717, 1.165) is 37.9 Å². The van der Waals surface area contributed by atoms with E-state index in [1.165, 1.54) is 12.1 Å². The zero-order valence-corrected chi connectivity index (χ0v) is 22.5. The number of nitrogens with zero attached hydrogens (tertiary/aromatic N) is 4. The molecule has 200 valence electrons. The first-order chi connectivity index (χ1) is 18.2. The molecule has 5 rings (SSSR count). The number of likely N-dealkylation sites (N-methyl/N-ethyl adjacent to an activating group) is 1. The van der Waals surface area contributed by atoms with Gasteiger partial charge in [0, 0.05) is 57.9 Å². The third kappa shape index (κ3) is 5.33. The second-order valence-electron chi connectivity index (χ2n) is 10.5. The predicted octanol–water partition coefficient (Wildman–Crippen LogP) is 4.02. The van der Waals surface area contributed by atoms with Crippen LogP contribution in [0, 0.1) is 11.7 Å². The molecular weight excluding hydrogens is 507 g/mol. The molecule has 2 amide bonds. The molecule has 2 saturated heterocycles. The number of aryl methyl sites for hydroxylation is 1. The number of hydrogen-bond acceptors (Lipinski definition) is 4. The highest BCUT2D eigenvalue weighted by molar-refractivity contribution is 6.45. The summed E-state index contributed by atoms with van der Waals surface area (Å²) in [4.78, 5) is 45.3. The van der Waals surface area contributed by atoms with Crippen LogP contribution >= 0.6 is 11.6 Å². The number of ketones is 1. The molecule has 0 N–H and O–H groups in total. The van der Waals surface area contributed by atoms with Crippen molar-refractivity contribution in [1.29, 1.82) is 0 Å². The van der Waals surface area contributed by atoms with Crippen molar-refractivity contribution in [3.8, 4) is 0 Å². The maximum absolute atomic E-state index is 13.5. The molecular formula is C29H32ClFN4O3. The zero-order chi connectivity index (χ0) is 27.0. The molecule has 0 saturated carbocycles. The summed E-state index contributed by atoms with van der Waals surface area (Å²) in [6.45, 7) is 3.67. The molecule has 0 bridgehead atoms. The van der Waals surface area contributed by atoms with Gasteiger partial charge in [-0.25, -0.2) is 4.39 Å². The first-order valence-electron chi connectivity index (χ1n) is 13.1. The Balaban J connectivity index is 1.32. The number of benzene rings is 2. The third-order valence-corrected chi connectivity index (χ3v) is 8.19. The van der Waals surface area contributed by atoms with Crippen LogP contribution in [-0.2, 0) is 18.3 Å². The number of likely N-dealkylation sites (tertiary alicyclic amines) is 1. The second-order valence-corrected chi connectivity index (χ2v) is 10.9. The van der Waals surface area contributed by atoms with Crippen LogP contribution in [0.25, 0.3) is 10.9 Å². The van der Waals surface area contributed by atoms with Crippen LogP contribution in [0.3, 0.4) is 0 Å². The van der Waals surface area contributed by atoms with Gasteiger partial charge >= 0.3 is 0 Å². The number of carbonyl (C=O) groups is 3. The minimum Gasteiger partial charge on any atom is -0.350 e. The number of aromatic nitrogens is 1. The summed E-state index contributed by atoms with van der Waals surface area (Å²) in [5.41, 5.74) is 2.41. The zero-order valence-electron chi connectivity index (χ0n) is 21.8. The highest BCUT2D eigenvalue weighted by Crippen LogP contribution is 2.31. The summed E-state index contributed by atoms with van der Waals surface area (Å²) in [6.07, 6.45) is 4.19. The van der Waals surface area contributed by atoms with Crippen molar-refractivity contribution >= 4 is 40.1 Å². The van der Waals surface area contributed by atoms with Crippen molar-refractivity contribution < 1.29 is 18.8 Å². The summed E-state index contributed by atoms with van der Waals surface area (Å²) in [5.74, 6) is -1.08. The van der Waals surface area contributed by atoms with Gasteiger partial charge in [-0.15, -0.1) is 0 Å². The topological polar surface area (TPSA) is 65.9 Å². The predicted molar refractivity (Wildman–Crippen MR) is 145 cm³/mol. The molecule has 3 heterocycles. The second kappa shape index (κ2) is 10.9.